The van der Waals surface area contributed by atoms with Gasteiger partial charge in [-0.2, -0.15) is 101 Å². The van der Waals surface area contributed by atoms with Crippen LogP contribution in [-0.2, 0) is 0 Å². The van der Waals surface area contributed by atoms with Crippen LogP contribution in [0, 0.1) is 0 Å². The van der Waals surface area contributed by atoms with Crippen LogP contribution in [0.1, 0.15) is 0 Å². The van der Waals surface area contributed by atoms with E-state index in [1.807, 2.05) is 0 Å². The van der Waals surface area contributed by atoms with E-state index in [4.69, 9.17) is 0 Å². The van der Waals surface area contributed by atoms with Gasteiger partial charge in [-0.15, -0.1) is 0 Å². The van der Waals surface area contributed by atoms with Crippen LogP contribution < -0.4 is 5.19 Å². The summed E-state index contributed by atoms with van der Waals surface area (Å²) in [5, 5.41) is -3.48. The third-order valence-electron chi connectivity index (χ3n) is 5.00. The van der Waals surface area contributed by atoms with Gasteiger partial charge in [0, 0.05) is 0 Å². The summed E-state index contributed by atoms with van der Waals surface area (Å²) >= 11 is 20.5. The van der Waals surface area contributed by atoms with Gasteiger partial charge in [0.15, 0.2) is 6.63 Å². The first kappa shape index (κ1) is 29.3. The van der Waals surface area contributed by atoms with Crippen LogP contribution in [0.15, 0.2) is 30.3 Å². The van der Waals surface area contributed by atoms with E-state index in [0.717, 1.165) is 0 Å². The summed E-state index contributed by atoms with van der Waals surface area (Å²) in [5.74, 6) is 0. The number of benzene rings is 1. The molecule has 0 aliphatic heterocycles. The van der Waals surface area contributed by atoms with Gasteiger partial charge in [-0.1, -0.05) is 35.5 Å². The molecule has 0 bridgehead atoms. The fourth-order valence-corrected chi connectivity index (χ4v) is 261. The molecule has 1 rings (SSSR count). The zero-order chi connectivity index (χ0) is 21.5. The zero-order valence-electron chi connectivity index (χ0n) is 18.1. The molecule has 0 fully saturated rings. The highest BCUT2D eigenvalue weighted by Gasteiger charge is 2.79. The quantitative estimate of drug-likeness (QED) is 0.222. The second-order valence-corrected chi connectivity index (χ2v) is 77.0. The molecule has 0 heterocycles. The molecule has 0 atom stereocenters. The predicted molar refractivity (Wildman–Crippen MR) is 171 cm³/mol. The average Bonchev–Trinajstić information content (AvgIpc) is 2.78. The Hall–Kier alpha value is 3.24. The normalized spacial score (nSPS) is 13.8. The first-order valence-electron chi connectivity index (χ1n) is 8.42. The molecule has 0 unspecified atom stereocenters. The average molecular weight is 613 g/mol. The lowest BCUT2D eigenvalue weighted by molar-refractivity contribution is 1.77. The Kier molecular flexibility index (Phi) is 13.8. The van der Waals surface area contributed by atoms with Gasteiger partial charge < -0.3 is 0 Å². The summed E-state index contributed by atoms with van der Waals surface area (Å²) in [5.41, 5.74) is 0. The van der Waals surface area contributed by atoms with Crippen LogP contribution in [0.25, 0.3) is 0 Å². The maximum atomic E-state index is 2.53. The van der Waals surface area contributed by atoms with E-state index in [-0.39, 0.29) is 0 Å². The summed E-state index contributed by atoms with van der Waals surface area (Å²) in [4.78, 5) is 0. The highest BCUT2D eigenvalue weighted by atomic mass is 32.9. The van der Waals surface area contributed by atoms with E-state index in [1.54, 1.807) is 5.19 Å². The van der Waals surface area contributed by atoms with Crippen LogP contribution in [0.3, 0.4) is 0 Å². The summed E-state index contributed by atoms with van der Waals surface area (Å²) in [6, 6.07) is 11.9. The van der Waals surface area contributed by atoms with Crippen molar-refractivity contribution in [2.75, 3.05) is 56.3 Å². The highest BCUT2D eigenvalue weighted by molar-refractivity contribution is 9.06. The molecule has 1 aromatic carbocycles. The van der Waals surface area contributed by atoms with Crippen molar-refractivity contribution in [3.63, 3.8) is 0 Å². The van der Waals surface area contributed by atoms with Crippen molar-refractivity contribution in [1.82, 2.24) is 0 Å². The minimum Gasteiger partial charge on any atom is -0.168 e. The molecule has 28 heavy (non-hydrogen) atoms. The van der Waals surface area contributed by atoms with Crippen molar-refractivity contribution in [1.29, 1.82) is 0 Å². The molecule has 13 heteroatoms. The monoisotopic (exact) mass is 612 g/mol. The van der Waals surface area contributed by atoms with E-state index in [9.17, 15) is 0 Å². The van der Waals surface area contributed by atoms with Gasteiger partial charge >= 0.3 is 0 Å². The van der Waals surface area contributed by atoms with E-state index in [0.29, 0.717) is 0 Å². The highest BCUT2D eigenvalue weighted by Crippen LogP contribution is 2.64. The Labute approximate surface area is 212 Å². The molecule has 0 amide bonds. The molecule has 0 aliphatic carbocycles. The van der Waals surface area contributed by atoms with Crippen molar-refractivity contribution in [2.24, 2.45) is 0 Å². The summed E-state index contributed by atoms with van der Waals surface area (Å²) in [7, 11) is 0. The smallest absolute Gasteiger partial charge is 0.168 e. The van der Waals surface area contributed by atoms with E-state index in [2.05, 4.69) is 188 Å². The second-order valence-electron chi connectivity index (χ2n) is 5.62. The molecule has 0 N–H and O–H groups in total. The van der Waals surface area contributed by atoms with Crippen molar-refractivity contribution in [2.45, 2.75) is 0 Å². The van der Waals surface area contributed by atoms with Crippen molar-refractivity contribution in [3.8, 4) is 0 Å². The topological polar surface area (TPSA) is 0 Å². The molecule has 0 nitrogen and oxygen atoms in total. The third-order valence-corrected chi connectivity index (χ3v) is 157. The Morgan fingerprint density at radius 3 is 0.893 bits per heavy atom. The van der Waals surface area contributed by atoms with Gasteiger partial charge in [0.1, 0.15) is 0 Å². The lowest BCUT2D eigenvalue weighted by atomic mass is 10.4. The minimum atomic E-state index is -1.93. The van der Waals surface area contributed by atoms with Crippen molar-refractivity contribution < 1.29 is 0 Å². The number of hydrogen-bond acceptors (Lipinski definition) is 9. The molecule has 1 aromatic rings. The molecule has 0 aliphatic rings. The second kappa shape index (κ2) is 13.2. The predicted octanol–water partition coefficient (Wildman–Crippen LogP) is 6.66. The molecule has 0 saturated heterocycles. The molecule has 0 saturated carbocycles. The fourth-order valence-electron chi connectivity index (χ4n) is 3.91. The molecule has 162 valence electrons. The first-order chi connectivity index (χ1) is 13.4. The largest absolute Gasteiger partial charge is 0.229 e. The SMILES string of the molecule is CS[Si](SC)(SC)[Si](c1ccccc1)([Si](SC)(SC)SC)[Si](SC)(SC)SC. The van der Waals surface area contributed by atoms with Gasteiger partial charge in [-0.3, -0.25) is 0 Å². The summed E-state index contributed by atoms with van der Waals surface area (Å²) < 4.78 is 0. The number of rotatable bonds is 13. The first-order valence-corrected chi connectivity index (χ1v) is 37.0. The van der Waals surface area contributed by atoms with Gasteiger partial charge in [-0.25, -0.2) is 0 Å². The summed E-state index contributed by atoms with van der Waals surface area (Å²) in [6.07, 6.45) is 21.9. The Morgan fingerprint density at radius 2 is 0.679 bits per heavy atom. The Bertz CT molecular complexity index is 505. The van der Waals surface area contributed by atoms with Crippen molar-refractivity contribution >= 4 is 128 Å². The Balaban J connectivity index is 4.33. The van der Waals surface area contributed by atoms with Crippen LogP contribution in [0.4, 0.5) is 0 Å². The maximum Gasteiger partial charge on any atom is 0.229 e. The lowest BCUT2D eigenvalue weighted by Gasteiger charge is -2.59. The molecule has 0 radical (unpaired) electrons. The minimum absolute atomic E-state index is 1.75. The maximum absolute atomic E-state index is 2.53. The van der Waals surface area contributed by atoms with Crippen LogP contribution in [-0.4, -0.2) is 78.0 Å². The van der Waals surface area contributed by atoms with Crippen LogP contribution in [0.2, 0.25) is 0 Å². The molecular formula is C15H32S9Si4. The fraction of sp³-hybridized carbons (Fsp3) is 0.600. The molecular weight excluding hydrogens is 581 g/mol. The standard InChI is InChI=1S/C15H32S9Si4/c1-16-26(17-2,18-3)25(15-13-11-10-12-14-15,27(19-4,20-5)21-6)28(22-7,23-8)24-9/h10-14H,1-9H3. The zero-order valence-corrected chi connectivity index (χ0v) is 29.4. The van der Waals surface area contributed by atoms with Gasteiger partial charge in [-0.05, 0) is 56.3 Å². The van der Waals surface area contributed by atoms with Gasteiger partial charge in [0.2, 0.25) is 15.1 Å². The Morgan fingerprint density at radius 1 is 0.429 bits per heavy atom. The number of hydrogen-bond donors (Lipinski definition) is 0. The molecule has 0 aromatic heterocycles. The van der Waals surface area contributed by atoms with Gasteiger partial charge in [0.25, 0.3) is 0 Å². The summed E-state index contributed by atoms with van der Waals surface area (Å²) in [6.45, 7) is -1.93. The van der Waals surface area contributed by atoms with E-state index in [1.165, 1.54) is 0 Å². The van der Waals surface area contributed by atoms with Crippen molar-refractivity contribution in [3.05, 3.63) is 30.3 Å². The third kappa shape index (κ3) is 4.59. The van der Waals surface area contributed by atoms with E-state index < -0.39 is 21.7 Å². The molecule has 0 spiro atoms. The van der Waals surface area contributed by atoms with Crippen LogP contribution in [0.5, 0.6) is 0 Å². The van der Waals surface area contributed by atoms with Gasteiger partial charge in [0.05, 0.1) is 0 Å². The van der Waals surface area contributed by atoms with E-state index >= 15 is 0 Å². The van der Waals surface area contributed by atoms with Crippen LogP contribution >= 0.6 is 101 Å². The lowest BCUT2D eigenvalue weighted by Crippen LogP contribution is -2.87.